The average molecular weight is 404 g/mol. The molecule has 6 nitrogen and oxygen atoms in total. The lowest BCUT2D eigenvalue weighted by Crippen LogP contribution is -2.49. The van der Waals surface area contributed by atoms with Gasteiger partial charge < -0.3 is 10.6 Å². The van der Waals surface area contributed by atoms with Gasteiger partial charge in [-0.25, -0.2) is 4.68 Å². The Kier molecular flexibility index (Phi) is 6.48. The van der Waals surface area contributed by atoms with Gasteiger partial charge in [-0.2, -0.15) is 13.2 Å². The van der Waals surface area contributed by atoms with Crippen molar-refractivity contribution in [1.82, 2.24) is 19.9 Å². The summed E-state index contributed by atoms with van der Waals surface area (Å²) in [6, 6.07) is 4.94. The summed E-state index contributed by atoms with van der Waals surface area (Å²) in [4.78, 5) is 14.4. The zero-order valence-corrected chi connectivity index (χ0v) is 15.5. The van der Waals surface area contributed by atoms with Crippen molar-refractivity contribution >= 4 is 18.3 Å². The minimum absolute atomic E-state index is 0. The standard InChI is InChI=1S/C17H20F3N5O.ClH/c1-11-6-7-24(12(8-11)9-21)16(26)14-10-25(23-22-14)15-5-3-2-4-13(15)17(18,19)20;/h2-5,10-12H,6-9,21H2,1H3;1H. The molecule has 0 aliphatic carbocycles. The normalized spacial score (nSPS) is 20.3. The first kappa shape index (κ1) is 21.2. The van der Waals surface area contributed by atoms with Crippen molar-refractivity contribution < 1.29 is 18.0 Å². The molecule has 2 atom stereocenters. The molecule has 1 saturated heterocycles. The fourth-order valence-electron chi connectivity index (χ4n) is 3.28. The zero-order chi connectivity index (χ0) is 18.9. The van der Waals surface area contributed by atoms with Gasteiger partial charge in [0.05, 0.1) is 17.4 Å². The van der Waals surface area contributed by atoms with Crippen molar-refractivity contribution in [1.29, 1.82) is 0 Å². The number of piperidine rings is 1. The van der Waals surface area contributed by atoms with Crippen LogP contribution in [0.25, 0.3) is 5.69 Å². The first-order valence-corrected chi connectivity index (χ1v) is 8.41. The highest BCUT2D eigenvalue weighted by molar-refractivity contribution is 5.92. The molecule has 3 rings (SSSR count). The maximum atomic E-state index is 13.2. The summed E-state index contributed by atoms with van der Waals surface area (Å²) in [6.45, 7) is 2.99. The molecule has 10 heteroatoms. The lowest BCUT2D eigenvalue weighted by atomic mass is 9.92. The van der Waals surface area contributed by atoms with Gasteiger partial charge in [-0.05, 0) is 30.9 Å². The van der Waals surface area contributed by atoms with E-state index in [-0.39, 0.29) is 35.7 Å². The number of hydrogen-bond donors (Lipinski definition) is 1. The quantitative estimate of drug-likeness (QED) is 0.854. The predicted molar refractivity (Wildman–Crippen MR) is 95.9 cm³/mol. The van der Waals surface area contributed by atoms with Gasteiger partial charge in [0, 0.05) is 19.1 Å². The third-order valence-electron chi connectivity index (χ3n) is 4.68. The third kappa shape index (κ3) is 4.41. The number of nitrogens with zero attached hydrogens (tertiary/aromatic N) is 4. The van der Waals surface area contributed by atoms with Gasteiger partial charge in [-0.1, -0.05) is 24.3 Å². The van der Waals surface area contributed by atoms with Gasteiger partial charge in [0.25, 0.3) is 5.91 Å². The molecule has 1 amide bonds. The fraction of sp³-hybridized carbons (Fsp3) is 0.471. The fourth-order valence-corrected chi connectivity index (χ4v) is 3.28. The van der Waals surface area contributed by atoms with Crippen LogP contribution in [0.5, 0.6) is 0 Å². The molecule has 0 saturated carbocycles. The minimum Gasteiger partial charge on any atom is -0.333 e. The van der Waals surface area contributed by atoms with Gasteiger partial charge >= 0.3 is 6.18 Å². The maximum absolute atomic E-state index is 13.2. The summed E-state index contributed by atoms with van der Waals surface area (Å²) >= 11 is 0. The van der Waals surface area contributed by atoms with Crippen molar-refractivity contribution in [3.63, 3.8) is 0 Å². The summed E-state index contributed by atoms with van der Waals surface area (Å²) in [6.07, 6.45) is -1.64. The summed E-state index contributed by atoms with van der Waals surface area (Å²) in [7, 11) is 0. The lowest BCUT2D eigenvalue weighted by molar-refractivity contribution is -0.137. The number of aromatic nitrogens is 3. The largest absolute Gasteiger partial charge is 0.418 e. The summed E-state index contributed by atoms with van der Waals surface area (Å²) in [5.74, 6) is 0.116. The average Bonchev–Trinajstić information content (AvgIpc) is 3.10. The van der Waals surface area contributed by atoms with Crippen LogP contribution in [0.3, 0.4) is 0 Å². The Morgan fingerprint density at radius 3 is 2.70 bits per heavy atom. The Morgan fingerprint density at radius 1 is 1.33 bits per heavy atom. The van der Waals surface area contributed by atoms with Gasteiger partial charge in [-0.15, -0.1) is 17.5 Å². The predicted octanol–water partition coefficient (Wildman–Crippen LogP) is 2.91. The Balaban J connectivity index is 0.00000261. The molecule has 1 aromatic heterocycles. The van der Waals surface area contributed by atoms with Crippen LogP contribution in [-0.4, -0.2) is 44.9 Å². The molecule has 0 spiro atoms. The molecule has 1 fully saturated rings. The number of amides is 1. The molecule has 148 valence electrons. The highest BCUT2D eigenvalue weighted by Crippen LogP contribution is 2.33. The molecule has 2 aromatic rings. The number of benzene rings is 1. The lowest BCUT2D eigenvalue weighted by Gasteiger charge is -2.37. The van der Waals surface area contributed by atoms with E-state index in [0.29, 0.717) is 19.0 Å². The minimum atomic E-state index is -4.53. The molecular weight excluding hydrogens is 383 g/mol. The second-order valence-electron chi connectivity index (χ2n) is 6.58. The Morgan fingerprint density at radius 2 is 2.04 bits per heavy atom. The van der Waals surface area contributed by atoms with E-state index >= 15 is 0 Å². The van der Waals surface area contributed by atoms with Crippen LogP contribution >= 0.6 is 12.4 Å². The van der Waals surface area contributed by atoms with Gasteiger partial charge in [0.1, 0.15) is 0 Å². The number of nitrogens with two attached hydrogens (primary N) is 1. The highest BCUT2D eigenvalue weighted by Gasteiger charge is 2.35. The topological polar surface area (TPSA) is 77.0 Å². The number of halogens is 4. The van der Waals surface area contributed by atoms with Crippen LogP contribution < -0.4 is 5.73 Å². The van der Waals surface area contributed by atoms with Crippen LogP contribution in [0.2, 0.25) is 0 Å². The van der Waals surface area contributed by atoms with E-state index in [0.717, 1.165) is 23.6 Å². The highest BCUT2D eigenvalue weighted by atomic mass is 35.5. The van der Waals surface area contributed by atoms with E-state index < -0.39 is 11.7 Å². The molecule has 1 aliphatic heterocycles. The number of rotatable bonds is 3. The van der Waals surface area contributed by atoms with Crippen molar-refractivity contribution in [2.45, 2.75) is 32.0 Å². The van der Waals surface area contributed by atoms with Crippen molar-refractivity contribution in [3.8, 4) is 5.69 Å². The number of para-hydroxylation sites is 1. The number of alkyl halides is 3. The first-order chi connectivity index (χ1) is 12.3. The van der Waals surface area contributed by atoms with E-state index in [2.05, 4.69) is 17.2 Å². The second kappa shape index (κ2) is 8.26. The van der Waals surface area contributed by atoms with Gasteiger partial charge in [-0.3, -0.25) is 4.79 Å². The van der Waals surface area contributed by atoms with Crippen LogP contribution in [0.1, 0.15) is 35.8 Å². The van der Waals surface area contributed by atoms with Crippen molar-refractivity contribution in [2.75, 3.05) is 13.1 Å². The van der Waals surface area contributed by atoms with Crippen molar-refractivity contribution in [3.05, 3.63) is 41.7 Å². The first-order valence-electron chi connectivity index (χ1n) is 8.41. The van der Waals surface area contributed by atoms with Gasteiger partial charge in [0.2, 0.25) is 0 Å². The summed E-state index contributed by atoms with van der Waals surface area (Å²) in [5, 5.41) is 7.52. The summed E-state index contributed by atoms with van der Waals surface area (Å²) < 4.78 is 40.5. The molecule has 2 unspecified atom stereocenters. The molecule has 0 bridgehead atoms. The SMILES string of the molecule is CC1CCN(C(=O)c2cn(-c3ccccc3C(F)(F)F)nn2)C(CN)C1.Cl. The maximum Gasteiger partial charge on any atom is 0.418 e. The Labute approximate surface area is 160 Å². The van der Waals surface area contributed by atoms with Crippen LogP contribution in [-0.2, 0) is 6.18 Å². The smallest absolute Gasteiger partial charge is 0.333 e. The Hall–Kier alpha value is -2.13. The molecule has 2 heterocycles. The van der Waals surface area contributed by atoms with E-state index in [1.165, 1.54) is 24.4 Å². The van der Waals surface area contributed by atoms with E-state index in [4.69, 9.17) is 5.73 Å². The molecule has 2 N–H and O–H groups in total. The molecule has 0 radical (unpaired) electrons. The Bertz CT molecular complexity index is 795. The van der Waals surface area contributed by atoms with Crippen LogP contribution in [0.4, 0.5) is 13.2 Å². The third-order valence-corrected chi connectivity index (χ3v) is 4.68. The molecule has 27 heavy (non-hydrogen) atoms. The van der Waals surface area contributed by atoms with E-state index in [1.54, 1.807) is 4.90 Å². The molecular formula is C17H21ClF3N5O. The monoisotopic (exact) mass is 403 g/mol. The zero-order valence-electron chi connectivity index (χ0n) is 14.7. The molecule has 1 aromatic carbocycles. The van der Waals surface area contributed by atoms with Crippen molar-refractivity contribution in [2.24, 2.45) is 11.7 Å². The molecule has 1 aliphatic rings. The summed E-state index contributed by atoms with van der Waals surface area (Å²) in [5.41, 5.74) is 4.78. The second-order valence-corrected chi connectivity index (χ2v) is 6.58. The van der Waals surface area contributed by atoms with E-state index in [9.17, 15) is 18.0 Å². The number of hydrogen-bond acceptors (Lipinski definition) is 4. The van der Waals surface area contributed by atoms with Gasteiger partial charge in [0.15, 0.2) is 5.69 Å². The van der Waals surface area contributed by atoms with Crippen LogP contribution in [0.15, 0.2) is 30.5 Å². The number of carbonyl (C=O) groups excluding carboxylic acids is 1. The van der Waals surface area contributed by atoms with Crippen LogP contribution in [0, 0.1) is 5.92 Å². The van der Waals surface area contributed by atoms with E-state index in [1.807, 2.05) is 0 Å². The number of carbonyl (C=O) groups is 1. The number of likely N-dealkylation sites (tertiary alicyclic amines) is 1.